The van der Waals surface area contributed by atoms with Crippen LogP contribution in [0.2, 0.25) is 0 Å². The number of aliphatic hydroxyl groups excluding tert-OH is 5. The van der Waals surface area contributed by atoms with Gasteiger partial charge in [0.15, 0.2) is 0 Å². The van der Waals surface area contributed by atoms with Crippen molar-refractivity contribution in [2.75, 3.05) is 13.1 Å². The SMILES string of the molecule is CCCCCCCCCCCC(O)CCC1NC(=O)C(C(C)O)NC(=O)C(C(C)O)NC(=O)C(CC(O)C(N)=O)NC(=O)C(C)NC(=O)C(CC(N)=O)NC(=O)C(CC(N)=O)NC(=O)C(CCCCCCCC(O)CCCCCC)NC(=O)CCNC(=O)CNC1=O. The first-order valence-electron chi connectivity index (χ1n) is 32.7. The molecule has 13 amide bonds. The summed E-state index contributed by atoms with van der Waals surface area (Å²) in [5.74, 6) is -14.9. The Morgan fingerprint density at radius 1 is 0.424 bits per heavy atom. The van der Waals surface area contributed by atoms with E-state index in [-0.39, 0.29) is 25.8 Å². The molecule has 1 saturated heterocycles. The van der Waals surface area contributed by atoms with E-state index >= 15 is 0 Å². The molecule has 0 saturated carbocycles. The predicted molar refractivity (Wildman–Crippen MR) is 337 cm³/mol. The van der Waals surface area contributed by atoms with E-state index in [0.29, 0.717) is 44.9 Å². The van der Waals surface area contributed by atoms with Crippen LogP contribution in [0.4, 0.5) is 0 Å². The Kier molecular flexibility index (Phi) is 42.3. The van der Waals surface area contributed by atoms with Gasteiger partial charge in [-0.15, -0.1) is 0 Å². The Hall–Kier alpha value is -7.09. The highest BCUT2D eigenvalue weighted by molar-refractivity contribution is 6.00. The van der Waals surface area contributed by atoms with Gasteiger partial charge in [0.1, 0.15) is 54.4 Å². The van der Waals surface area contributed by atoms with Crippen molar-refractivity contribution in [3.05, 3.63) is 0 Å². The van der Waals surface area contributed by atoms with E-state index in [9.17, 15) is 87.9 Å². The van der Waals surface area contributed by atoms with E-state index in [0.717, 1.165) is 97.8 Å². The molecule has 13 unspecified atom stereocenters. The fourth-order valence-corrected chi connectivity index (χ4v) is 10.1. The fraction of sp³-hybridized carbons (Fsp3) is 0.787. The molecule has 0 bridgehead atoms. The molecule has 13 atom stereocenters. The monoisotopic (exact) mass is 1310 g/mol. The van der Waals surface area contributed by atoms with Crippen molar-refractivity contribution in [1.82, 2.24) is 53.2 Å². The Balaban J connectivity index is 3.76. The van der Waals surface area contributed by atoms with Gasteiger partial charge in [-0.3, -0.25) is 62.3 Å². The first kappa shape index (κ1) is 82.9. The Bertz CT molecular complexity index is 2350. The number of carbonyl (C=O) groups excluding carboxylic acids is 13. The average molecular weight is 1310 g/mol. The maximum atomic E-state index is 14.1. The molecule has 1 aliphatic heterocycles. The van der Waals surface area contributed by atoms with E-state index in [1.807, 2.05) is 0 Å². The number of nitrogens with one attached hydrogen (secondary N) is 10. The molecule has 21 N–H and O–H groups in total. The largest absolute Gasteiger partial charge is 0.393 e. The van der Waals surface area contributed by atoms with Crippen LogP contribution in [0.15, 0.2) is 0 Å². The zero-order valence-corrected chi connectivity index (χ0v) is 54.5. The highest BCUT2D eigenvalue weighted by Crippen LogP contribution is 2.17. The number of aliphatic hydroxyl groups is 5. The van der Waals surface area contributed by atoms with Crippen molar-refractivity contribution in [3.63, 3.8) is 0 Å². The Morgan fingerprint density at radius 3 is 1.30 bits per heavy atom. The standard InChI is InChI=1S/C61H109N13O18/c1-6-8-10-12-13-14-15-17-22-26-40(78)28-29-42-55(86)66-35-50(83)65-31-30-49(82)68-41(27-23-19-16-18-21-25-39(77)24-20-11-9-7-2)56(87)71-45(34-48(63)81)58(89)72-44(33-47(62)80)57(88)67-36(3)54(85)70-43(32-46(79)53(64)84)59(90)73-52(38(5)76)61(92)74-51(37(4)75)60(91)69-42/h36-46,51-52,75-79H,6-35H2,1-5H3,(H2,62,80)(H2,63,81)(H2,64,84)(H,65,83)(H,66,86)(H,67,88)(H,68,82)(H,69,91)(H,70,85)(H,71,87)(H,72,89)(H,73,90)(H,74,92). The minimum Gasteiger partial charge on any atom is -0.393 e. The third-order valence-electron chi connectivity index (χ3n) is 15.6. The van der Waals surface area contributed by atoms with E-state index in [1.165, 1.54) is 12.8 Å². The highest BCUT2D eigenvalue weighted by Gasteiger charge is 2.38. The van der Waals surface area contributed by atoms with Crippen molar-refractivity contribution in [2.24, 2.45) is 17.2 Å². The number of rotatable bonds is 35. The molecule has 0 aromatic rings. The summed E-state index contributed by atoms with van der Waals surface area (Å²) in [6, 6.07) is -14.4. The number of hydrogen-bond donors (Lipinski definition) is 18. The molecular formula is C61H109N13O18. The van der Waals surface area contributed by atoms with Gasteiger partial charge in [0.05, 0.1) is 43.8 Å². The van der Waals surface area contributed by atoms with Crippen LogP contribution < -0.4 is 70.4 Å². The normalized spacial score (nSPS) is 23.5. The average Bonchev–Trinajstić information content (AvgIpc) is 0.939. The van der Waals surface area contributed by atoms with Crippen LogP contribution >= 0.6 is 0 Å². The van der Waals surface area contributed by atoms with Crippen LogP contribution in [0.1, 0.15) is 214 Å². The summed E-state index contributed by atoms with van der Waals surface area (Å²) in [6.45, 7) is 6.36. The van der Waals surface area contributed by atoms with Gasteiger partial charge in [-0.1, -0.05) is 129 Å². The number of amides is 13. The minimum absolute atomic E-state index is 0.0168. The van der Waals surface area contributed by atoms with E-state index in [2.05, 4.69) is 67.0 Å². The van der Waals surface area contributed by atoms with Crippen molar-refractivity contribution >= 4 is 76.8 Å². The summed E-state index contributed by atoms with van der Waals surface area (Å²) in [7, 11) is 0. The molecule has 0 radical (unpaired) electrons. The number of unbranched alkanes of at least 4 members (excludes halogenated alkanes) is 15. The molecule has 0 spiro atoms. The maximum absolute atomic E-state index is 14.1. The van der Waals surface area contributed by atoms with Crippen molar-refractivity contribution < 1.29 is 87.9 Å². The summed E-state index contributed by atoms with van der Waals surface area (Å²) in [5.41, 5.74) is 16.1. The van der Waals surface area contributed by atoms with Gasteiger partial charge in [0.2, 0.25) is 76.8 Å². The molecule has 526 valence electrons. The molecular weight excluding hydrogens is 1200 g/mol. The molecule has 1 rings (SSSR count). The predicted octanol–water partition coefficient (Wildman–Crippen LogP) is -2.61. The van der Waals surface area contributed by atoms with Crippen molar-refractivity contribution in [1.29, 1.82) is 0 Å². The number of carbonyl (C=O) groups is 13. The number of nitrogens with two attached hydrogens (primary N) is 3. The molecule has 0 aromatic carbocycles. The van der Waals surface area contributed by atoms with Crippen molar-refractivity contribution in [3.8, 4) is 0 Å². The zero-order chi connectivity index (χ0) is 69.3. The van der Waals surface area contributed by atoms with Crippen LogP contribution in [0.3, 0.4) is 0 Å². The summed E-state index contributed by atoms with van der Waals surface area (Å²) >= 11 is 0. The van der Waals surface area contributed by atoms with Crippen LogP contribution in [0, 0.1) is 0 Å². The molecule has 92 heavy (non-hydrogen) atoms. The van der Waals surface area contributed by atoms with Crippen LogP contribution in [-0.4, -0.2) is 194 Å². The fourth-order valence-electron chi connectivity index (χ4n) is 10.1. The lowest BCUT2D eigenvalue weighted by Crippen LogP contribution is -2.63. The third kappa shape index (κ3) is 36.2. The van der Waals surface area contributed by atoms with Gasteiger partial charge < -0.3 is 95.9 Å². The number of hydrogen-bond acceptors (Lipinski definition) is 18. The first-order valence-corrected chi connectivity index (χ1v) is 32.7. The second-order valence-corrected chi connectivity index (χ2v) is 24.1. The second kappa shape index (κ2) is 46.9. The van der Waals surface area contributed by atoms with Gasteiger partial charge in [0, 0.05) is 19.4 Å². The van der Waals surface area contributed by atoms with Gasteiger partial charge in [-0.2, -0.15) is 0 Å². The summed E-state index contributed by atoms with van der Waals surface area (Å²) in [6.07, 6.45) is 7.57. The first-order chi connectivity index (χ1) is 43.5. The third-order valence-corrected chi connectivity index (χ3v) is 15.6. The Morgan fingerprint density at radius 2 is 0.815 bits per heavy atom. The molecule has 1 heterocycles. The van der Waals surface area contributed by atoms with Gasteiger partial charge >= 0.3 is 0 Å². The second-order valence-electron chi connectivity index (χ2n) is 24.1. The smallest absolute Gasteiger partial charge is 0.246 e. The quantitative estimate of drug-likeness (QED) is 0.0289. The van der Waals surface area contributed by atoms with Gasteiger partial charge in [-0.05, 0) is 59.3 Å². The molecule has 0 aliphatic carbocycles. The molecule has 31 nitrogen and oxygen atoms in total. The highest BCUT2D eigenvalue weighted by atomic mass is 16.3. The molecule has 31 heteroatoms. The Labute approximate surface area is 539 Å². The van der Waals surface area contributed by atoms with Crippen LogP contribution in [0.25, 0.3) is 0 Å². The molecule has 1 fully saturated rings. The van der Waals surface area contributed by atoms with Gasteiger partial charge in [0.25, 0.3) is 0 Å². The molecule has 0 aromatic heterocycles. The summed E-state index contributed by atoms with van der Waals surface area (Å²) in [5, 5.41) is 76.6. The summed E-state index contributed by atoms with van der Waals surface area (Å²) in [4.78, 5) is 175. The van der Waals surface area contributed by atoms with E-state index < -0.39 is 188 Å². The van der Waals surface area contributed by atoms with E-state index in [1.54, 1.807) is 0 Å². The van der Waals surface area contributed by atoms with Gasteiger partial charge in [-0.25, -0.2) is 0 Å². The minimum atomic E-state index is -2.15. The lowest BCUT2D eigenvalue weighted by molar-refractivity contribution is -0.139. The van der Waals surface area contributed by atoms with E-state index in [4.69, 9.17) is 17.2 Å². The van der Waals surface area contributed by atoms with Crippen LogP contribution in [-0.2, 0) is 62.3 Å². The lowest BCUT2D eigenvalue weighted by atomic mass is 10.0. The number of primary amides is 3. The lowest BCUT2D eigenvalue weighted by Gasteiger charge is -2.29. The van der Waals surface area contributed by atoms with Crippen LogP contribution in [0.5, 0.6) is 0 Å². The molecule has 1 aliphatic rings. The topological polar surface area (TPSA) is 521 Å². The zero-order valence-electron chi connectivity index (χ0n) is 54.5. The van der Waals surface area contributed by atoms with Crippen molar-refractivity contribution in [2.45, 2.75) is 293 Å². The maximum Gasteiger partial charge on any atom is 0.246 e. The summed E-state index contributed by atoms with van der Waals surface area (Å²) < 4.78 is 0.